The molecular formula is C16H15ClN2O4. The number of carbonyl (C=O) groups is 2. The van der Waals surface area contributed by atoms with Crippen LogP contribution in [0.1, 0.15) is 26.5 Å². The molecule has 7 heteroatoms. The van der Waals surface area contributed by atoms with Crippen molar-refractivity contribution in [3.63, 3.8) is 0 Å². The van der Waals surface area contributed by atoms with Crippen molar-refractivity contribution in [2.45, 2.75) is 6.54 Å². The summed E-state index contributed by atoms with van der Waals surface area (Å²) in [6.45, 7) is 0.310. The van der Waals surface area contributed by atoms with E-state index in [0.717, 1.165) is 11.3 Å². The Morgan fingerprint density at radius 1 is 1.13 bits per heavy atom. The predicted molar refractivity (Wildman–Crippen MR) is 84.8 cm³/mol. The fourth-order valence-corrected chi connectivity index (χ4v) is 2.05. The highest BCUT2D eigenvalue weighted by Crippen LogP contribution is 2.14. The zero-order valence-corrected chi connectivity index (χ0v) is 13.4. The van der Waals surface area contributed by atoms with Crippen LogP contribution in [0.15, 0.2) is 36.4 Å². The Hall–Kier alpha value is -2.60. The predicted octanol–water partition coefficient (Wildman–Crippen LogP) is 2.46. The van der Waals surface area contributed by atoms with Crippen LogP contribution < -0.4 is 10.1 Å². The second-order valence-corrected chi connectivity index (χ2v) is 5.01. The van der Waals surface area contributed by atoms with Crippen LogP contribution in [0, 0.1) is 0 Å². The van der Waals surface area contributed by atoms with Crippen molar-refractivity contribution in [2.24, 2.45) is 0 Å². The fourth-order valence-electron chi connectivity index (χ4n) is 1.84. The van der Waals surface area contributed by atoms with E-state index >= 15 is 0 Å². The number of hydrogen-bond acceptors (Lipinski definition) is 5. The number of nitrogens with zero attached hydrogens (tertiary/aromatic N) is 1. The van der Waals surface area contributed by atoms with Gasteiger partial charge in [-0.15, -0.1) is 0 Å². The molecule has 0 saturated carbocycles. The Kier molecular flexibility index (Phi) is 5.54. The van der Waals surface area contributed by atoms with E-state index in [0.29, 0.717) is 6.54 Å². The van der Waals surface area contributed by atoms with Crippen LogP contribution in [0.5, 0.6) is 5.75 Å². The highest BCUT2D eigenvalue weighted by molar-refractivity contribution is 6.31. The van der Waals surface area contributed by atoms with Gasteiger partial charge in [-0.3, -0.25) is 4.79 Å². The maximum Gasteiger partial charge on any atom is 0.356 e. The third-order valence-electron chi connectivity index (χ3n) is 3.03. The van der Waals surface area contributed by atoms with Crippen LogP contribution in [0.3, 0.4) is 0 Å². The SMILES string of the molecule is COC(=O)c1cc(Cl)cc(C(=O)NCc2ccc(OC)cc2)n1. The summed E-state index contributed by atoms with van der Waals surface area (Å²) in [5.74, 6) is -0.357. The van der Waals surface area contributed by atoms with Crippen molar-refractivity contribution in [3.8, 4) is 5.75 Å². The summed E-state index contributed by atoms with van der Waals surface area (Å²) in [6, 6.07) is 10.0. The molecular weight excluding hydrogens is 320 g/mol. The molecule has 23 heavy (non-hydrogen) atoms. The monoisotopic (exact) mass is 334 g/mol. The van der Waals surface area contributed by atoms with E-state index in [4.69, 9.17) is 16.3 Å². The van der Waals surface area contributed by atoms with Crippen LogP contribution >= 0.6 is 11.6 Å². The van der Waals surface area contributed by atoms with Crippen LogP contribution in [-0.4, -0.2) is 31.1 Å². The lowest BCUT2D eigenvalue weighted by Crippen LogP contribution is -2.24. The van der Waals surface area contributed by atoms with Crippen molar-refractivity contribution < 1.29 is 19.1 Å². The third-order valence-corrected chi connectivity index (χ3v) is 3.25. The lowest BCUT2D eigenvalue weighted by molar-refractivity contribution is 0.0594. The Bertz CT molecular complexity index is 717. The Balaban J connectivity index is 2.07. The lowest BCUT2D eigenvalue weighted by atomic mass is 10.2. The molecule has 6 nitrogen and oxygen atoms in total. The highest BCUT2D eigenvalue weighted by Gasteiger charge is 2.14. The van der Waals surface area contributed by atoms with Gasteiger partial charge in [0.1, 0.15) is 11.4 Å². The van der Waals surface area contributed by atoms with Gasteiger partial charge >= 0.3 is 5.97 Å². The number of nitrogens with one attached hydrogen (secondary N) is 1. The number of aromatic nitrogens is 1. The smallest absolute Gasteiger partial charge is 0.356 e. The first-order chi connectivity index (χ1) is 11.0. The molecule has 1 N–H and O–H groups in total. The summed E-state index contributed by atoms with van der Waals surface area (Å²) in [4.78, 5) is 27.6. The van der Waals surface area contributed by atoms with E-state index in [9.17, 15) is 9.59 Å². The van der Waals surface area contributed by atoms with Gasteiger partial charge < -0.3 is 14.8 Å². The number of benzene rings is 1. The normalized spacial score (nSPS) is 10.0. The molecule has 0 spiro atoms. The van der Waals surface area contributed by atoms with Gasteiger partial charge in [-0.25, -0.2) is 9.78 Å². The standard InChI is InChI=1S/C16H15ClN2O4/c1-22-12-5-3-10(4-6-12)9-18-15(20)13-7-11(17)8-14(19-13)16(21)23-2/h3-8H,9H2,1-2H3,(H,18,20). The van der Waals surface area contributed by atoms with Crippen LogP contribution in [0.2, 0.25) is 5.02 Å². The molecule has 1 aromatic carbocycles. The fraction of sp³-hybridized carbons (Fsp3) is 0.188. The summed E-state index contributed by atoms with van der Waals surface area (Å²) < 4.78 is 9.64. The minimum atomic E-state index is -0.656. The second kappa shape index (κ2) is 7.60. The number of methoxy groups -OCH3 is 2. The number of hydrogen-bond donors (Lipinski definition) is 1. The minimum absolute atomic E-state index is 0.0189. The first-order valence-electron chi connectivity index (χ1n) is 6.70. The second-order valence-electron chi connectivity index (χ2n) is 4.58. The Morgan fingerprint density at radius 2 is 1.78 bits per heavy atom. The molecule has 0 aliphatic rings. The van der Waals surface area contributed by atoms with Crippen molar-refractivity contribution in [1.29, 1.82) is 0 Å². The van der Waals surface area contributed by atoms with Gasteiger partial charge in [0.25, 0.3) is 5.91 Å². The van der Waals surface area contributed by atoms with Gasteiger partial charge in [0.05, 0.1) is 14.2 Å². The molecule has 120 valence electrons. The zero-order chi connectivity index (χ0) is 16.8. The van der Waals surface area contributed by atoms with E-state index in [1.54, 1.807) is 19.2 Å². The van der Waals surface area contributed by atoms with Crippen LogP contribution in [-0.2, 0) is 11.3 Å². The molecule has 1 aromatic heterocycles. The number of carbonyl (C=O) groups excluding carboxylic acids is 2. The maximum atomic E-state index is 12.1. The van der Waals surface area contributed by atoms with E-state index in [2.05, 4.69) is 15.0 Å². The van der Waals surface area contributed by atoms with Crippen LogP contribution in [0.4, 0.5) is 0 Å². The van der Waals surface area contributed by atoms with Crippen molar-refractivity contribution in [2.75, 3.05) is 14.2 Å². The quantitative estimate of drug-likeness (QED) is 0.850. The molecule has 1 amide bonds. The zero-order valence-electron chi connectivity index (χ0n) is 12.6. The number of halogens is 1. The van der Waals surface area contributed by atoms with Gasteiger partial charge in [0.15, 0.2) is 5.69 Å². The summed E-state index contributed by atoms with van der Waals surface area (Å²) >= 11 is 5.90. The summed E-state index contributed by atoms with van der Waals surface area (Å²) in [7, 11) is 2.81. The molecule has 0 bridgehead atoms. The average molecular weight is 335 g/mol. The number of rotatable bonds is 5. The molecule has 0 aliphatic carbocycles. The van der Waals surface area contributed by atoms with E-state index in [1.807, 2.05) is 12.1 Å². The van der Waals surface area contributed by atoms with E-state index in [1.165, 1.54) is 19.2 Å². The number of amides is 1. The first-order valence-corrected chi connectivity index (χ1v) is 7.08. The van der Waals surface area contributed by atoms with Gasteiger partial charge in [0, 0.05) is 11.6 Å². The Morgan fingerprint density at radius 3 is 2.39 bits per heavy atom. The third kappa shape index (κ3) is 4.43. The minimum Gasteiger partial charge on any atom is -0.497 e. The number of esters is 1. The van der Waals surface area contributed by atoms with Gasteiger partial charge in [-0.05, 0) is 29.8 Å². The van der Waals surface area contributed by atoms with Gasteiger partial charge in [-0.1, -0.05) is 23.7 Å². The molecule has 0 unspecified atom stereocenters. The number of pyridine rings is 1. The molecule has 1 heterocycles. The van der Waals surface area contributed by atoms with Gasteiger partial charge in [0.2, 0.25) is 0 Å². The first kappa shape index (κ1) is 16.8. The molecule has 0 atom stereocenters. The summed E-state index contributed by atoms with van der Waals surface area (Å²) in [5.41, 5.74) is 0.926. The molecule has 2 rings (SSSR count). The topological polar surface area (TPSA) is 77.5 Å². The number of ether oxygens (including phenoxy) is 2. The van der Waals surface area contributed by atoms with Crippen molar-refractivity contribution >= 4 is 23.5 Å². The Labute approximate surface area is 138 Å². The van der Waals surface area contributed by atoms with E-state index in [-0.39, 0.29) is 16.4 Å². The molecule has 2 aromatic rings. The van der Waals surface area contributed by atoms with Gasteiger partial charge in [-0.2, -0.15) is 0 Å². The lowest BCUT2D eigenvalue weighted by Gasteiger charge is -2.07. The molecule has 0 aliphatic heterocycles. The molecule has 0 saturated heterocycles. The van der Waals surface area contributed by atoms with Crippen molar-refractivity contribution in [3.05, 3.63) is 58.4 Å². The average Bonchev–Trinajstić information content (AvgIpc) is 2.58. The van der Waals surface area contributed by atoms with Crippen molar-refractivity contribution in [1.82, 2.24) is 10.3 Å². The molecule has 0 radical (unpaired) electrons. The highest BCUT2D eigenvalue weighted by atomic mass is 35.5. The summed E-state index contributed by atoms with van der Waals surface area (Å²) in [5, 5.41) is 2.94. The summed E-state index contributed by atoms with van der Waals surface area (Å²) in [6.07, 6.45) is 0. The van der Waals surface area contributed by atoms with E-state index < -0.39 is 11.9 Å². The molecule has 0 fully saturated rings. The van der Waals surface area contributed by atoms with Crippen LogP contribution in [0.25, 0.3) is 0 Å². The maximum absolute atomic E-state index is 12.1. The largest absolute Gasteiger partial charge is 0.497 e.